The van der Waals surface area contributed by atoms with Crippen LogP contribution in [0.3, 0.4) is 0 Å². The average Bonchev–Trinajstić information content (AvgIpc) is 3.11. The Kier molecular flexibility index (Phi) is 6.26. The Labute approximate surface area is 175 Å². The summed E-state index contributed by atoms with van der Waals surface area (Å²) >= 11 is 0. The van der Waals surface area contributed by atoms with Crippen LogP contribution in [0.15, 0.2) is 59.6 Å². The molecule has 0 atom stereocenters. The molecule has 0 aliphatic carbocycles. The number of halogens is 1. The standard InChI is InChI=1S/C22H23FN2O4S/c1-15-4-9-19(30(3,27)28)14-20(15)21-16(10-12-24-22(26)29-2)11-13-25(21)18-7-5-17(23)6-8-18/h4-9,11,13-14H,10,12H2,1-3H3,(H,24,26). The fourth-order valence-electron chi connectivity index (χ4n) is 3.25. The van der Waals surface area contributed by atoms with Crippen LogP contribution in [0, 0.1) is 12.7 Å². The number of aromatic nitrogens is 1. The first-order chi connectivity index (χ1) is 14.2. The van der Waals surface area contributed by atoms with Crippen molar-refractivity contribution in [2.75, 3.05) is 19.9 Å². The topological polar surface area (TPSA) is 77.4 Å². The second kappa shape index (κ2) is 8.71. The fraction of sp³-hybridized carbons (Fsp3) is 0.227. The third-order valence-electron chi connectivity index (χ3n) is 4.82. The number of aryl methyl sites for hydroxylation is 1. The van der Waals surface area contributed by atoms with Gasteiger partial charge in [0.2, 0.25) is 0 Å². The zero-order valence-electron chi connectivity index (χ0n) is 17.0. The summed E-state index contributed by atoms with van der Waals surface area (Å²) in [5.41, 5.74) is 4.08. The summed E-state index contributed by atoms with van der Waals surface area (Å²) < 4.78 is 44.1. The minimum absolute atomic E-state index is 0.216. The molecule has 0 unspecified atom stereocenters. The number of nitrogens with one attached hydrogen (secondary N) is 1. The number of nitrogens with zero attached hydrogens (tertiary/aromatic N) is 1. The minimum atomic E-state index is -3.39. The van der Waals surface area contributed by atoms with E-state index in [9.17, 15) is 17.6 Å². The van der Waals surface area contributed by atoms with E-state index in [0.29, 0.717) is 13.0 Å². The molecule has 0 aliphatic heterocycles. The van der Waals surface area contributed by atoms with Crippen LogP contribution in [0.1, 0.15) is 11.1 Å². The second-order valence-electron chi connectivity index (χ2n) is 6.95. The van der Waals surface area contributed by atoms with Crippen molar-refractivity contribution < 1.29 is 22.3 Å². The molecule has 6 nitrogen and oxygen atoms in total. The zero-order chi connectivity index (χ0) is 21.9. The first-order valence-electron chi connectivity index (χ1n) is 9.30. The molecule has 0 fully saturated rings. The lowest BCUT2D eigenvalue weighted by Gasteiger charge is -2.16. The number of alkyl carbamates (subject to hydrolysis) is 1. The number of ether oxygens (including phenoxy) is 1. The average molecular weight is 431 g/mol. The van der Waals surface area contributed by atoms with Gasteiger partial charge >= 0.3 is 6.09 Å². The predicted molar refractivity (Wildman–Crippen MR) is 113 cm³/mol. The molecular weight excluding hydrogens is 407 g/mol. The summed E-state index contributed by atoms with van der Waals surface area (Å²) in [7, 11) is -2.10. The highest BCUT2D eigenvalue weighted by Gasteiger charge is 2.18. The molecule has 1 aromatic heterocycles. The van der Waals surface area contributed by atoms with Gasteiger partial charge in [0.25, 0.3) is 0 Å². The number of methoxy groups -OCH3 is 1. The molecule has 1 heterocycles. The highest BCUT2D eigenvalue weighted by atomic mass is 32.2. The highest BCUT2D eigenvalue weighted by molar-refractivity contribution is 7.90. The van der Waals surface area contributed by atoms with Crippen LogP contribution in [0.2, 0.25) is 0 Å². The lowest BCUT2D eigenvalue weighted by Crippen LogP contribution is -2.25. The van der Waals surface area contributed by atoms with E-state index in [-0.39, 0.29) is 10.7 Å². The van der Waals surface area contributed by atoms with Gasteiger partial charge in [0.15, 0.2) is 9.84 Å². The van der Waals surface area contributed by atoms with E-state index < -0.39 is 15.9 Å². The van der Waals surface area contributed by atoms with Crippen molar-refractivity contribution in [1.29, 1.82) is 0 Å². The molecule has 3 rings (SSSR count). The Balaban J connectivity index is 2.13. The maximum atomic E-state index is 13.4. The molecule has 0 saturated carbocycles. The molecule has 30 heavy (non-hydrogen) atoms. The molecule has 158 valence electrons. The van der Waals surface area contributed by atoms with Crippen molar-refractivity contribution >= 4 is 15.9 Å². The molecule has 1 amide bonds. The van der Waals surface area contributed by atoms with Gasteiger partial charge in [-0.15, -0.1) is 0 Å². The molecule has 2 aromatic carbocycles. The Morgan fingerprint density at radius 2 is 1.83 bits per heavy atom. The first kappa shape index (κ1) is 21.6. The normalized spacial score (nSPS) is 11.3. The van der Waals surface area contributed by atoms with Crippen molar-refractivity contribution in [3.05, 3.63) is 71.7 Å². The first-order valence-corrected chi connectivity index (χ1v) is 11.2. The van der Waals surface area contributed by atoms with Crippen LogP contribution >= 0.6 is 0 Å². The number of hydrogen-bond donors (Lipinski definition) is 1. The second-order valence-corrected chi connectivity index (χ2v) is 8.97. The molecule has 0 aliphatic rings. The number of sulfone groups is 1. The van der Waals surface area contributed by atoms with Gasteiger partial charge in [-0.25, -0.2) is 17.6 Å². The Hall–Kier alpha value is -3.13. The maximum Gasteiger partial charge on any atom is 0.406 e. The van der Waals surface area contributed by atoms with Crippen molar-refractivity contribution in [3.63, 3.8) is 0 Å². The van der Waals surface area contributed by atoms with Gasteiger partial charge < -0.3 is 14.6 Å². The van der Waals surface area contributed by atoms with E-state index >= 15 is 0 Å². The number of carbonyl (C=O) groups excluding carboxylic acids is 1. The van der Waals surface area contributed by atoms with Crippen molar-refractivity contribution in [2.45, 2.75) is 18.2 Å². The van der Waals surface area contributed by atoms with Gasteiger partial charge in [-0.3, -0.25) is 0 Å². The maximum absolute atomic E-state index is 13.4. The van der Waals surface area contributed by atoms with Crippen LogP contribution in [0.4, 0.5) is 9.18 Å². The summed E-state index contributed by atoms with van der Waals surface area (Å²) in [6, 6.07) is 13.0. The summed E-state index contributed by atoms with van der Waals surface area (Å²) in [5, 5.41) is 2.65. The van der Waals surface area contributed by atoms with E-state index in [4.69, 9.17) is 0 Å². The van der Waals surface area contributed by atoms with Crippen LogP contribution in [0.5, 0.6) is 0 Å². The minimum Gasteiger partial charge on any atom is -0.453 e. The van der Waals surface area contributed by atoms with Crippen LogP contribution in [-0.4, -0.2) is 39.0 Å². The lowest BCUT2D eigenvalue weighted by molar-refractivity contribution is 0.171. The molecule has 0 saturated heterocycles. The number of benzene rings is 2. The van der Waals surface area contributed by atoms with Crippen molar-refractivity contribution in [2.24, 2.45) is 0 Å². The molecule has 0 bridgehead atoms. The van der Waals surface area contributed by atoms with Crippen LogP contribution in [0.25, 0.3) is 16.9 Å². The monoisotopic (exact) mass is 430 g/mol. The van der Waals surface area contributed by atoms with E-state index in [2.05, 4.69) is 10.1 Å². The molecule has 3 aromatic rings. The molecule has 8 heteroatoms. The predicted octanol–water partition coefficient (Wildman–Crippen LogP) is 3.89. The number of carbonyl (C=O) groups is 1. The number of amides is 1. The van der Waals surface area contributed by atoms with E-state index in [1.807, 2.05) is 23.8 Å². The van der Waals surface area contributed by atoms with E-state index in [0.717, 1.165) is 28.1 Å². The van der Waals surface area contributed by atoms with Gasteiger partial charge in [-0.2, -0.15) is 0 Å². The number of hydrogen-bond acceptors (Lipinski definition) is 4. The Bertz CT molecular complexity index is 1170. The van der Waals surface area contributed by atoms with Gasteiger partial charge in [0.05, 0.1) is 17.7 Å². The van der Waals surface area contributed by atoms with Gasteiger partial charge in [-0.05, 0) is 66.9 Å². The SMILES string of the molecule is COC(=O)NCCc1ccn(-c2ccc(F)cc2)c1-c1cc(S(C)(=O)=O)ccc1C. The summed E-state index contributed by atoms with van der Waals surface area (Å²) in [6.07, 6.45) is 3.00. The largest absolute Gasteiger partial charge is 0.453 e. The fourth-order valence-corrected chi connectivity index (χ4v) is 3.90. The smallest absolute Gasteiger partial charge is 0.406 e. The highest BCUT2D eigenvalue weighted by Crippen LogP contribution is 2.32. The van der Waals surface area contributed by atoms with Crippen LogP contribution in [-0.2, 0) is 21.0 Å². The van der Waals surface area contributed by atoms with Crippen molar-refractivity contribution in [1.82, 2.24) is 9.88 Å². The van der Waals surface area contributed by atoms with Gasteiger partial charge in [-0.1, -0.05) is 6.07 Å². The number of rotatable bonds is 6. The van der Waals surface area contributed by atoms with E-state index in [1.165, 1.54) is 25.5 Å². The van der Waals surface area contributed by atoms with Gasteiger partial charge in [0, 0.05) is 30.2 Å². The van der Waals surface area contributed by atoms with Crippen LogP contribution < -0.4 is 5.32 Å². The molecule has 0 spiro atoms. The lowest BCUT2D eigenvalue weighted by atomic mass is 10.0. The summed E-state index contributed by atoms with van der Waals surface area (Å²) in [5.74, 6) is -0.342. The van der Waals surface area contributed by atoms with Gasteiger partial charge in [0.1, 0.15) is 5.82 Å². The quantitative estimate of drug-likeness (QED) is 0.644. The molecular formula is C22H23FN2O4S. The van der Waals surface area contributed by atoms with E-state index in [1.54, 1.807) is 30.3 Å². The van der Waals surface area contributed by atoms with Crippen molar-refractivity contribution in [3.8, 4) is 16.9 Å². The third kappa shape index (κ3) is 4.71. The zero-order valence-corrected chi connectivity index (χ0v) is 17.8. The Morgan fingerprint density at radius 3 is 2.47 bits per heavy atom. The summed E-state index contributed by atoms with van der Waals surface area (Å²) in [6.45, 7) is 2.25. The Morgan fingerprint density at radius 1 is 1.13 bits per heavy atom. The molecule has 1 N–H and O–H groups in total. The molecule has 0 radical (unpaired) electrons. The third-order valence-corrected chi connectivity index (χ3v) is 5.93. The summed E-state index contributed by atoms with van der Waals surface area (Å²) in [4.78, 5) is 11.6.